The number of hydrogen-bond donors (Lipinski definition) is 3. The Morgan fingerprint density at radius 1 is 1.50 bits per heavy atom. The first-order valence-electron chi connectivity index (χ1n) is 5.23. The predicted octanol–water partition coefficient (Wildman–Crippen LogP) is 1.61. The molecule has 0 unspecified atom stereocenters. The topological polar surface area (TPSA) is 67.1 Å². The third kappa shape index (κ3) is 3.03. The van der Waals surface area contributed by atoms with Gasteiger partial charge in [-0.3, -0.25) is 4.79 Å². The maximum Gasteiger partial charge on any atom is 0.239 e. The van der Waals surface area contributed by atoms with Gasteiger partial charge in [-0.2, -0.15) is 0 Å². The molecule has 1 saturated carbocycles. The minimum Gasteiger partial charge on any atom is -0.399 e. The van der Waals surface area contributed by atoms with Gasteiger partial charge in [0.1, 0.15) is 0 Å². The summed E-state index contributed by atoms with van der Waals surface area (Å²) in [6, 6.07) is 5.55. The minimum absolute atomic E-state index is 0.00427. The number of rotatable bonds is 4. The molecule has 0 radical (unpaired) electrons. The van der Waals surface area contributed by atoms with Crippen LogP contribution in [0.4, 0.5) is 11.4 Å². The number of nitrogen functional groups attached to an aromatic ring is 1. The van der Waals surface area contributed by atoms with E-state index in [1.807, 2.05) is 0 Å². The van der Waals surface area contributed by atoms with E-state index in [2.05, 4.69) is 10.6 Å². The van der Waals surface area contributed by atoms with E-state index in [0.717, 1.165) is 18.5 Å². The lowest BCUT2D eigenvalue weighted by molar-refractivity contribution is -0.119. The second kappa shape index (κ2) is 4.61. The van der Waals surface area contributed by atoms with E-state index in [1.165, 1.54) is 0 Å². The van der Waals surface area contributed by atoms with E-state index < -0.39 is 0 Å². The number of anilines is 2. The standard InChI is InChI=1S/C11H14ClN3O/c12-9-5-7(13)1-4-10(9)14-6-11(16)15-8-2-3-8/h1,4-5,8,14H,2-3,6,13H2,(H,15,16). The molecule has 1 aromatic rings. The maximum atomic E-state index is 11.4. The molecule has 0 bridgehead atoms. The van der Waals surface area contributed by atoms with Gasteiger partial charge >= 0.3 is 0 Å². The fourth-order valence-corrected chi connectivity index (χ4v) is 1.61. The van der Waals surface area contributed by atoms with Gasteiger partial charge in [-0.25, -0.2) is 0 Å². The predicted molar refractivity (Wildman–Crippen MR) is 65.5 cm³/mol. The highest BCUT2D eigenvalue weighted by Crippen LogP contribution is 2.23. The quantitative estimate of drug-likeness (QED) is 0.700. The highest BCUT2D eigenvalue weighted by atomic mass is 35.5. The Bertz CT molecular complexity index is 404. The molecule has 1 aliphatic rings. The molecule has 5 heteroatoms. The third-order valence-corrected chi connectivity index (χ3v) is 2.69. The lowest BCUT2D eigenvalue weighted by atomic mass is 10.3. The van der Waals surface area contributed by atoms with Crippen LogP contribution in [0.2, 0.25) is 5.02 Å². The van der Waals surface area contributed by atoms with Gasteiger partial charge in [0.05, 0.1) is 17.3 Å². The summed E-state index contributed by atoms with van der Waals surface area (Å²) in [7, 11) is 0. The number of benzene rings is 1. The molecule has 86 valence electrons. The summed E-state index contributed by atoms with van der Waals surface area (Å²) in [4.78, 5) is 11.4. The van der Waals surface area contributed by atoms with Gasteiger partial charge in [0, 0.05) is 11.7 Å². The van der Waals surface area contributed by atoms with Crippen molar-refractivity contribution < 1.29 is 4.79 Å². The van der Waals surface area contributed by atoms with Crippen LogP contribution in [0.25, 0.3) is 0 Å². The first-order chi connectivity index (χ1) is 7.65. The minimum atomic E-state index is -0.00427. The highest BCUT2D eigenvalue weighted by molar-refractivity contribution is 6.33. The fourth-order valence-electron chi connectivity index (χ4n) is 1.36. The highest BCUT2D eigenvalue weighted by Gasteiger charge is 2.22. The Morgan fingerprint density at radius 3 is 2.88 bits per heavy atom. The lowest BCUT2D eigenvalue weighted by Crippen LogP contribution is -2.31. The van der Waals surface area contributed by atoms with Crippen LogP contribution in [0, 0.1) is 0 Å². The zero-order chi connectivity index (χ0) is 11.5. The molecule has 1 fully saturated rings. The van der Waals surface area contributed by atoms with Crippen molar-refractivity contribution in [1.82, 2.24) is 5.32 Å². The molecule has 1 amide bonds. The molecule has 1 aliphatic carbocycles. The molecule has 1 aromatic carbocycles. The van der Waals surface area contributed by atoms with Crippen LogP contribution in [0.5, 0.6) is 0 Å². The van der Waals surface area contributed by atoms with Crippen molar-refractivity contribution in [3.8, 4) is 0 Å². The van der Waals surface area contributed by atoms with Crippen molar-refractivity contribution in [3.63, 3.8) is 0 Å². The van der Waals surface area contributed by atoms with Gasteiger partial charge in [-0.15, -0.1) is 0 Å². The second-order valence-electron chi connectivity index (χ2n) is 3.93. The van der Waals surface area contributed by atoms with E-state index in [4.69, 9.17) is 17.3 Å². The van der Waals surface area contributed by atoms with Crippen molar-refractivity contribution in [2.24, 2.45) is 0 Å². The molecule has 0 aliphatic heterocycles. The van der Waals surface area contributed by atoms with Crippen LogP contribution in [-0.4, -0.2) is 18.5 Å². The summed E-state index contributed by atoms with van der Waals surface area (Å²) >= 11 is 5.96. The van der Waals surface area contributed by atoms with Gasteiger partial charge in [-0.1, -0.05) is 11.6 Å². The molecule has 0 heterocycles. The summed E-state index contributed by atoms with van der Waals surface area (Å²) in [6.45, 7) is 0.236. The summed E-state index contributed by atoms with van der Waals surface area (Å²) in [6.07, 6.45) is 2.18. The van der Waals surface area contributed by atoms with Gasteiger partial charge in [0.2, 0.25) is 5.91 Å². The fraction of sp³-hybridized carbons (Fsp3) is 0.364. The van der Waals surface area contributed by atoms with Gasteiger partial charge < -0.3 is 16.4 Å². The molecule has 0 aromatic heterocycles. The monoisotopic (exact) mass is 239 g/mol. The SMILES string of the molecule is Nc1ccc(NCC(=O)NC2CC2)c(Cl)c1. The van der Waals surface area contributed by atoms with Crippen molar-refractivity contribution in [1.29, 1.82) is 0 Å². The number of amides is 1. The average Bonchev–Trinajstić information content (AvgIpc) is 3.00. The van der Waals surface area contributed by atoms with E-state index >= 15 is 0 Å². The van der Waals surface area contributed by atoms with Crippen LogP contribution < -0.4 is 16.4 Å². The molecule has 16 heavy (non-hydrogen) atoms. The number of carbonyl (C=O) groups is 1. The molecular formula is C11H14ClN3O. The Balaban J connectivity index is 1.85. The molecule has 4 nitrogen and oxygen atoms in total. The Morgan fingerprint density at radius 2 is 2.25 bits per heavy atom. The second-order valence-corrected chi connectivity index (χ2v) is 4.34. The van der Waals surface area contributed by atoms with Gasteiger partial charge in [0.25, 0.3) is 0 Å². The molecular weight excluding hydrogens is 226 g/mol. The van der Waals surface area contributed by atoms with Gasteiger partial charge in [0.15, 0.2) is 0 Å². The number of nitrogens with one attached hydrogen (secondary N) is 2. The largest absolute Gasteiger partial charge is 0.399 e. The van der Waals surface area contributed by atoms with Crippen LogP contribution >= 0.6 is 11.6 Å². The van der Waals surface area contributed by atoms with Crippen LogP contribution in [0.3, 0.4) is 0 Å². The summed E-state index contributed by atoms with van der Waals surface area (Å²) in [5.74, 6) is -0.00427. The zero-order valence-electron chi connectivity index (χ0n) is 8.79. The number of halogens is 1. The Hall–Kier alpha value is -1.42. The van der Waals surface area contributed by atoms with Crippen molar-refractivity contribution in [2.75, 3.05) is 17.6 Å². The molecule has 4 N–H and O–H groups in total. The van der Waals surface area contributed by atoms with E-state index in [9.17, 15) is 4.79 Å². The van der Waals surface area contributed by atoms with E-state index in [0.29, 0.717) is 16.8 Å². The van der Waals surface area contributed by atoms with Crippen molar-refractivity contribution >= 4 is 28.9 Å². The average molecular weight is 240 g/mol. The number of carbonyl (C=O) groups excluding carboxylic acids is 1. The van der Waals surface area contributed by atoms with Gasteiger partial charge in [-0.05, 0) is 31.0 Å². The normalized spacial score (nSPS) is 14.6. The molecule has 2 rings (SSSR count). The van der Waals surface area contributed by atoms with Crippen molar-refractivity contribution in [2.45, 2.75) is 18.9 Å². The molecule has 0 atom stereocenters. The molecule has 0 saturated heterocycles. The lowest BCUT2D eigenvalue weighted by Gasteiger charge is -2.08. The molecule has 0 spiro atoms. The summed E-state index contributed by atoms with van der Waals surface area (Å²) < 4.78 is 0. The number of hydrogen-bond acceptors (Lipinski definition) is 3. The van der Waals surface area contributed by atoms with Crippen molar-refractivity contribution in [3.05, 3.63) is 23.2 Å². The first-order valence-corrected chi connectivity index (χ1v) is 5.61. The smallest absolute Gasteiger partial charge is 0.239 e. The van der Waals surface area contributed by atoms with E-state index in [-0.39, 0.29) is 12.5 Å². The van der Waals surface area contributed by atoms with E-state index in [1.54, 1.807) is 18.2 Å². The maximum absolute atomic E-state index is 11.4. The third-order valence-electron chi connectivity index (χ3n) is 2.38. The first kappa shape index (κ1) is 11.1. The van der Waals surface area contributed by atoms with Crippen LogP contribution in [-0.2, 0) is 4.79 Å². The van der Waals surface area contributed by atoms with Crippen LogP contribution in [0.15, 0.2) is 18.2 Å². The zero-order valence-corrected chi connectivity index (χ0v) is 9.55. The Kier molecular flexibility index (Phi) is 3.19. The summed E-state index contributed by atoms with van der Waals surface area (Å²) in [5.41, 5.74) is 6.90. The van der Waals surface area contributed by atoms with Crippen LogP contribution in [0.1, 0.15) is 12.8 Å². The summed E-state index contributed by atoms with van der Waals surface area (Å²) in [5, 5.41) is 6.39. The Labute approximate surface area is 99.2 Å². The number of nitrogens with two attached hydrogens (primary N) is 1.